The molecule has 4 rings (SSSR count). The van der Waals surface area contributed by atoms with Crippen molar-refractivity contribution in [2.45, 2.75) is 51.4 Å². The Morgan fingerprint density at radius 3 is 2.33 bits per heavy atom. The van der Waals surface area contributed by atoms with Crippen molar-refractivity contribution in [3.05, 3.63) is 58.5 Å². The first-order valence-electron chi connectivity index (χ1n) is 11.3. The number of ketones is 1. The van der Waals surface area contributed by atoms with E-state index in [1.54, 1.807) is 0 Å². The van der Waals surface area contributed by atoms with Gasteiger partial charge in [0.1, 0.15) is 17.1 Å². The van der Waals surface area contributed by atoms with Gasteiger partial charge in [0.2, 0.25) is 5.88 Å². The van der Waals surface area contributed by atoms with Gasteiger partial charge in [0.15, 0.2) is 5.78 Å². The molecule has 1 saturated heterocycles. The molecule has 0 unspecified atom stereocenters. The van der Waals surface area contributed by atoms with E-state index in [1.807, 2.05) is 6.92 Å². The number of rotatable bonds is 4. The smallest absolute Gasteiger partial charge is 0.421 e. The van der Waals surface area contributed by atoms with Crippen LogP contribution in [0.15, 0.2) is 36.2 Å². The SMILES string of the molecule is CCc1ccc(Oc2ncc(C(F)(F)F)cc2C(F)(F)F)cc1C1=C(O)CC2(CCOCC2)CC1=O. The number of carbonyl (C=O) groups excluding carboxylic acids is 1. The van der Waals surface area contributed by atoms with Gasteiger partial charge in [0.25, 0.3) is 0 Å². The zero-order valence-corrected chi connectivity index (χ0v) is 19.2. The molecule has 0 radical (unpaired) electrons. The quantitative estimate of drug-likeness (QED) is 0.449. The normalized spacial score (nSPS) is 18.6. The molecule has 5 nitrogen and oxygen atoms in total. The van der Waals surface area contributed by atoms with Crippen molar-refractivity contribution in [1.82, 2.24) is 4.98 Å². The van der Waals surface area contributed by atoms with Crippen LogP contribution in [0.4, 0.5) is 26.3 Å². The molecule has 2 aliphatic rings. The minimum Gasteiger partial charge on any atom is -0.512 e. The number of aromatic nitrogens is 1. The fourth-order valence-corrected chi connectivity index (χ4v) is 4.72. The fraction of sp³-hybridized carbons (Fsp3) is 0.440. The first-order valence-corrected chi connectivity index (χ1v) is 11.3. The van der Waals surface area contributed by atoms with Crippen molar-refractivity contribution in [3.8, 4) is 11.6 Å². The summed E-state index contributed by atoms with van der Waals surface area (Å²) in [5, 5.41) is 10.9. The van der Waals surface area contributed by atoms with Gasteiger partial charge in [-0.1, -0.05) is 13.0 Å². The molecule has 1 aliphatic heterocycles. The molecule has 2 heterocycles. The number of carbonyl (C=O) groups is 1. The van der Waals surface area contributed by atoms with Gasteiger partial charge in [-0.3, -0.25) is 4.79 Å². The van der Waals surface area contributed by atoms with Gasteiger partial charge in [0, 0.05) is 32.3 Å². The summed E-state index contributed by atoms with van der Waals surface area (Å²) < 4.78 is 90.0. The number of aliphatic hydroxyl groups excluding tert-OH is 1. The molecule has 1 aromatic carbocycles. The molecule has 1 aliphatic carbocycles. The van der Waals surface area contributed by atoms with Gasteiger partial charge >= 0.3 is 12.4 Å². The van der Waals surface area contributed by atoms with E-state index in [-0.39, 0.29) is 48.0 Å². The van der Waals surface area contributed by atoms with Crippen LogP contribution >= 0.6 is 0 Å². The van der Waals surface area contributed by atoms with Crippen molar-refractivity contribution in [3.63, 3.8) is 0 Å². The van der Waals surface area contributed by atoms with Gasteiger partial charge in [-0.25, -0.2) is 4.98 Å². The number of benzene rings is 1. The predicted octanol–water partition coefficient (Wildman–Crippen LogP) is 6.90. The topological polar surface area (TPSA) is 68.7 Å². The summed E-state index contributed by atoms with van der Waals surface area (Å²) >= 11 is 0. The highest BCUT2D eigenvalue weighted by Crippen LogP contribution is 2.47. The Morgan fingerprint density at radius 2 is 1.75 bits per heavy atom. The monoisotopic (exact) mass is 515 g/mol. The van der Waals surface area contributed by atoms with Crippen LogP contribution in [0.2, 0.25) is 0 Å². The zero-order valence-electron chi connectivity index (χ0n) is 19.2. The van der Waals surface area contributed by atoms with E-state index in [9.17, 15) is 36.2 Å². The van der Waals surface area contributed by atoms with Crippen molar-refractivity contribution < 1.29 is 45.7 Å². The van der Waals surface area contributed by atoms with Crippen molar-refractivity contribution in [1.29, 1.82) is 0 Å². The molecular weight excluding hydrogens is 492 g/mol. The third-order valence-electron chi connectivity index (χ3n) is 6.63. The van der Waals surface area contributed by atoms with Crippen molar-refractivity contribution in [2.75, 3.05) is 13.2 Å². The molecule has 0 bridgehead atoms. The maximum atomic E-state index is 13.5. The number of aliphatic hydroxyl groups is 1. The first kappa shape index (κ1) is 26.0. The molecular formula is C25H23F6NO4. The van der Waals surface area contributed by atoms with E-state index in [1.165, 1.54) is 18.2 Å². The second-order valence-corrected chi connectivity index (χ2v) is 9.06. The zero-order chi connectivity index (χ0) is 26.3. The molecule has 1 aromatic heterocycles. The largest absolute Gasteiger partial charge is 0.512 e. The van der Waals surface area contributed by atoms with Gasteiger partial charge in [-0.2, -0.15) is 26.3 Å². The Labute approximate surface area is 202 Å². The maximum Gasteiger partial charge on any atom is 0.421 e. The number of aryl methyl sites for hydroxylation is 1. The average Bonchev–Trinajstić information content (AvgIpc) is 2.78. The van der Waals surface area contributed by atoms with Crippen LogP contribution in [-0.2, 0) is 28.3 Å². The van der Waals surface area contributed by atoms with Crippen LogP contribution in [0.1, 0.15) is 54.9 Å². The summed E-state index contributed by atoms with van der Waals surface area (Å²) in [5.74, 6) is -1.63. The van der Waals surface area contributed by atoms with E-state index in [0.717, 1.165) is 0 Å². The molecule has 0 atom stereocenters. The fourth-order valence-electron chi connectivity index (χ4n) is 4.72. The Kier molecular flexibility index (Phi) is 6.80. The lowest BCUT2D eigenvalue weighted by atomic mass is 9.67. The lowest BCUT2D eigenvalue weighted by molar-refractivity contribution is -0.144. The van der Waals surface area contributed by atoms with E-state index in [4.69, 9.17) is 9.47 Å². The predicted molar refractivity (Wildman–Crippen MR) is 116 cm³/mol. The van der Waals surface area contributed by atoms with Crippen LogP contribution in [-0.4, -0.2) is 29.1 Å². The molecule has 0 saturated carbocycles. The second-order valence-electron chi connectivity index (χ2n) is 9.06. The van der Waals surface area contributed by atoms with Crippen LogP contribution in [0.3, 0.4) is 0 Å². The molecule has 2 aromatic rings. The Bertz CT molecular complexity index is 1200. The third-order valence-corrected chi connectivity index (χ3v) is 6.63. The number of ether oxygens (including phenoxy) is 2. The summed E-state index contributed by atoms with van der Waals surface area (Å²) in [4.78, 5) is 16.4. The number of alkyl halides is 6. The summed E-state index contributed by atoms with van der Waals surface area (Å²) in [5.41, 5.74) is -2.61. The van der Waals surface area contributed by atoms with Crippen LogP contribution in [0.5, 0.6) is 11.6 Å². The number of hydrogen-bond acceptors (Lipinski definition) is 5. The number of halogens is 6. The molecule has 0 amide bonds. The Hall–Kier alpha value is -3.08. The van der Waals surface area contributed by atoms with E-state index < -0.39 is 34.8 Å². The molecule has 11 heteroatoms. The molecule has 36 heavy (non-hydrogen) atoms. The van der Waals surface area contributed by atoms with E-state index in [2.05, 4.69) is 4.98 Å². The van der Waals surface area contributed by atoms with Crippen molar-refractivity contribution in [2.24, 2.45) is 5.41 Å². The van der Waals surface area contributed by atoms with Crippen LogP contribution in [0, 0.1) is 5.41 Å². The van der Waals surface area contributed by atoms with Crippen LogP contribution < -0.4 is 4.74 Å². The molecule has 1 fully saturated rings. The lowest BCUT2D eigenvalue weighted by Gasteiger charge is -2.39. The van der Waals surface area contributed by atoms with E-state index >= 15 is 0 Å². The van der Waals surface area contributed by atoms with Gasteiger partial charge in [-0.15, -0.1) is 0 Å². The molecule has 1 N–H and O–H groups in total. The molecule has 194 valence electrons. The number of allylic oxidation sites excluding steroid dienone is 2. The van der Waals surface area contributed by atoms with Crippen molar-refractivity contribution >= 4 is 11.4 Å². The first-order chi connectivity index (χ1) is 16.8. The number of pyridine rings is 1. The number of hydrogen-bond donors (Lipinski definition) is 1. The number of nitrogens with zero attached hydrogens (tertiary/aromatic N) is 1. The summed E-state index contributed by atoms with van der Waals surface area (Å²) in [6.45, 7) is 2.78. The summed E-state index contributed by atoms with van der Waals surface area (Å²) in [6, 6.07) is 4.13. The molecule has 1 spiro atoms. The standard InChI is InChI=1S/C25H23F6NO4/c1-2-14-3-4-16(36-22-18(25(29,30)31)9-15(13-32-22)24(26,27)28)10-17(14)21-19(33)11-23(12-20(21)34)5-7-35-8-6-23/h3-4,9-10,13,33H,2,5-8,11-12H2,1H3. The average molecular weight is 515 g/mol. The van der Waals surface area contributed by atoms with Gasteiger partial charge < -0.3 is 14.6 Å². The van der Waals surface area contributed by atoms with Crippen LogP contribution in [0.25, 0.3) is 5.57 Å². The van der Waals surface area contributed by atoms with Gasteiger partial charge in [-0.05, 0) is 54.0 Å². The Morgan fingerprint density at radius 1 is 1.06 bits per heavy atom. The minimum absolute atomic E-state index is 0.0595. The lowest BCUT2D eigenvalue weighted by Crippen LogP contribution is -2.36. The highest BCUT2D eigenvalue weighted by molar-refractivity contribution is 6.22. The summed E-state index contributed by atoms with van der Waals surface area (Å²) in [7, 11) is 0. The Balaban J connectivity index is 1.73. The third kappa shape index (κ3) is 5.21. The maximum absolute atomic E-state index is 13.5. The highest BCUT2D eigenvalue weighted by atomic mass is 19.4. The number of Topliss-reactive ketones (excluding diaryl/α,β-unsaturated/α-hetero) is 1. The van der Waals surface area contributed by atoms with E-state index in [0.29, 0.717) is 43.6 Å². The van der Waals surface area contributed by atoms with Gasteiger partial charge in [0.05, 0.1) is 11.1 Å². The second kappa shape index (κ2) is 9.42. The highest BCUT2D eigenvalue weighted by Gasteiger charge is 2.42. The summed E-state index contributed by atoms with van der Waals surface area (Å²) in [6.07, 6.45) is -7.75. The minimum atomic E-state index is -5.16.